The van der Waals surface area contributed by atoms with Crippen molar-refractivity contribution in [2.45, 2.75) is 25.3 Å². The van der Waals surface area contributed by atoms with E-state index in [1.807, 2.05) is 36.2 Å². The number of nitrogens with two attached hydrogens (primary N) is 1. The van der Waals surface area contributed by atoms with Crippen LogP contribution in [0.2, 0.25) is 0 Å². The standard InChI is InChI=1S/C22H24N4O3/c1-25-18-10-3-2-9-17(18)24-21(25)19-11-4-5-12-26(19)22(28)15-7-6-8-16(13-15)29-14-20(23)27/h2-3,6-10,13,19H,4-5,11-12,14H2,1H3,(H2,23,27)/t19-/m0/s1. The molecule has 0 bridgehead atoms. The van der Waals surface area contributed by atoms with Crippen LogP contribution in [0.5, 0.6) is 5.75 Å². The fourth-order valence-corrected chi connectivity index (χ4v) is 3.94. The van der Waals surface area contributed by atoms with Crippen molar-refractivity contribution in [1.82, 2.24) is 14.5 Å². The molecule has 0 spiro atoms. The summed E-state index contributed by atoms with van der Waals surface area (Å²) in [6.45, 7) is 0.461. The Balaban J connectivity index is 1.63. The molecule has 2 heterocycles. The summed E-state index contributed by atoms with van der Waals surface area (Å²) in [4.78, 5) is 31.0. The van der Waals surface area contributed by atoms with Crippen molar-refractivity contribution in [2.75, 3.05) is 13.2 Å². The number of aryl methyl sites for hydroxylation is 1. The lowest BCUT2D eigenvalue weighted by molar-refractivity contribution is -0.119. The number of primary amides is 1. The molecule has 1 saturated heterocycles. The van der Waals surface area contributed by atoms with Gasteiger partial charge in [0.05, 0.1) is 17.1 Å². The maximum Gasteiger partial charge on any atom is 0.255 e. The number of carbonyl (C=O) groups is 2. The van der Waals surface area contributed by atoms with Gasteiger partial charge >= 0.3 is 0 Å². The first kappa shape index (κ1) is 19.0. The molecule has 0 aliphatic carbocycles. The number of imidazole rings is 1. The van der Waals surface area contributed by atoms with Gasteiger partial charge in [0.1, 0.15) is 11.6 Å². The highest BCUT2D eigenvalue weighted by Crippen LogP contribution is 2.33. The Morgan fingerprint density at radius 2 is 2.00 bits per heavy atom. The minimum absolute atomic E-state index is 0.0636. The van der Waals surface area contributed by atoms with Gasteiger partial charge in [-0.25, -0.2) is 4.98 Å². The molecule has 3 aromatic rings. The predicted molar refractivity (Wildman–Crippen MR) is 109 cm³/mol. The number of rotatable bonds is 5. The van der Waals surface area contributed by atoms with Crippen LogP contribution in [0.15, 0.2) is 48.5 Å². The summed E-state index contributed by atoms with van der Waals surface area (Å²) in [5.41, 5.74) is 7.65. The minimum Gasteiger partial charge on any atom is -0.484 e. The van der Waals surface area contributed by atoms with E-state index in [-0.39, 0.29) is 18.6 Å². The lowest BCUT2D eigenvalue weighted by Crippen LogP contribution is -2.39. The zero-order valence-corrected chi connectivity index (χ0v) is 16.4. The zero-order valence-electron chi connectivity index (χ0n) is 16.4. The van der Waals surface area contributed by atoms with Gasteiger partial charge in [0.25, 0.3) is 11.8 Å². The van der Waals surface area contributed by atoms with Crippen molar-refractivity contribution in [3.8, 4) is 5.75 Å². The molecule has 2 N–H and O–H groups in total. The van der Waals surface area contributed by atoms with Gasteiger partial charge in [0, 0.05) is 19.2 Å². The Labute approximate surface area is 169 Å². The molecular formula is C22H24N4O3. The first-order chi connectivity index (χ1) is 14.0. The number of ether oxygens (including phenoxy) is 1. The average molecular weight is 392 g/mol. The minimum atomic E-state index is -0.556. The molecule has 0 unspecified atom stereocenters. The van der Waals surface area contributed by atoms with E-state index in [0.717, 1.165) is 36.1 Å². The average Bonchev–Trinajstić information content (AvgIpc) is 3.08. The summed E-state index contributed by atoms with van der Waals surface area (Å²) in [5.74, 6) is 0.734. The molecule has 0 radical (unpaired) electrons. The Morgan fingerprint density at radius 1 is 1.17 bits per heavy atom. The van der Waals surface area contributed by atoms with Crippen LogP contribution in [0.1, 0.15) is 41.5 Å². The second kappa shape index (κ2) is 7.95. The van der Waals surface area contributed by atoms with Crippen molar-refractivity contribution < 1.29 is 14.3 Å². The molecule has 1 atom stereocenters. The Kier molecular flexibility index (Phi) is 5.20. The fourth-order valence-electron chi connectivity index (χ4n) is 3.94. The van der Waals surface area contributed by atoms with Gasteiger partial charge in [-0.1, -0.05) is 18.2 Å². The Bertz CT molecular complexity index is 1060. The third kappa shape index (κ3) is 3.81. The number of para-hydroxylation sites is 2. The van der Waals surface area contributed by atoms with Crippen LogP contribution in [0.4, 0.5) is 0 Å². The molecule has 1 fully saturated rings. The van der Waals surface area contributed by atoms with Crippen LogP contribution in [-0.4, -0.2) is 39.4 Å². The summed E-state index contributed by atoms with van der Waals surface area (Å²) < 4.78 is 7.44. The second-order valence-corrected chi connectivity index (χ2v) is 7.31. The number of nitrogens with zero attached hydrogens (tertiary/aromatic N) is 3. The van der Waals surface area contributed by atoms with Crippen LogP contribution < -0.4 is 10.5 Å². The molecule has 4 rings (SSSR count). The zero-order chi connectivity index (χ0) is 20.4. The smallest absolute Gasteiger partial charge is 0.255 e. The number of piperidine rings is 1. The van der Waals surface area contributed by atoms with Crippen LogP contribution >= 0.6 is 0 Å². The molecule has 7 heteroatoms. The van der Waals surface area contributed by atoms with Gasteiger partial charge in [-0.2, -0.15) is 0 Å². The van der Waals surface area contributed by atoms with Crippen LogP contribution in [-0.2, 0) is 11.8 Å². The van der Waals surface area contributed by atoms with E-state index >= 15 is 0 Å². The van der Waals surface area contributed by atoms with E-state index in [1.165, 1.54) is 0 Å². The fraction of sp³-hybridized carbons (Fsp3) is 0.318. The first-order valence-electron chi connectivity index (χ1n) is 9.78. The SMILES string of the molecule is Cn1c([C@@H]2CCCCN2C(=O)c2cccc(OCC(N)=O)c2)nc2ccccc21. The highest BCUT2D eigenvalue weighted by Gasteiger charge is 2.32. The van der Waals surface area contributed by atoms with Gasteiger partial charge in [0.2, 0.25) is 0 Å². The molecule has 1 aromatic heterocycles. The number of fused-ring (bicyclic) bond motifs is 1. The highest BCUT2D eigenvalue weighted by molar-refractivity contribution is 5.95. The van der Waals surface area contributed by atoms with E-state index in [0.29, 0.717) is 17.9 Å². The van der Waals surface area contributed by atoms with Crippen molar-refractivity contribution in [2.24, 2.45) is 12.8 Å². The van der Waals surface area contributed by atoms with Gasteiger partial charge in [0.15, 0.2) is 6.61 Å². The third-order valence-corrected chi connectivity index (χ3v) is 5.35. The molecule has 1 aliphatic rings. The van der Waals surface area contributed by atoms with Gasteiger partial charge in [-0.3, -0.25) is 9.59 Å². The van der Waals surface area contributed by atoms with Crippen molar-refractivity contribution in [3.05, 3.63) is 59.9 Å². The van der Waals surface area contributed by atoms with E-state index in [2.05, 4.69) is 4.57 Å². The maximum absolute atomic E-state index is 13.3. The number of aromatic nitrogens is 2. The summed E-state index contributed by atoms with van der Waals surface area (Å²) in [5, 5.41) is 0. The molecule has 7 nitrogen and oxygen atoms in total. The number of amides is 2. The monoisotopic (exact) mass is 392 g/mol. The molecular weight excluding hydrogens is 368 g/mol. The van der Waals surface area contributed by atoms with Crippen molar-refractivity contribution in [1.29, 1.82) is 0 Å². The van der Waals surface area contributed by atoms with E-state index in [1.54, 1.807) is 24.3 Å². The van der Waals surface area contributed by atoms with Gasteiger partial charge < -0.3 is 19.9 Å². The van der Waals surface area contributed by atoms with Crippen LogP contribution in [0, 0.1) is 0 Å². The Hall–Kier alpha value is -3.35. The van der Waals surface area contributed by atoms with E-state index in [4.69, 9.17) is 15.5 Å². The largest absolute Gasteiger partial charge is 0.484 e. The Morgan fingerprint density at radius 3 is 2.79 bits per heavy atom. The molecule has 1 aliphatic heterocycles. The van der Waals surface area contributed by atoms with Crippen LogP contribution in [0.25, 0.3) is 11.0 Å². The van der Waals surface area contributed by atoms with Crippen LogP contribution in [0.3, 0.4) is 0 Å². The van der Waals surface area contributed by atoms with E-state index in [9.17, 15) is 9.59 Å². The normalized spacial score (nSPS) is 16.7. The summed E-state index contributed by atoms with van der Waals surface area (Å²) in [7, 11) is 2.00. The third-order valence-electron chi connectivity index (χ3n) is 5.35. The van der Waals surface area contributed by atoms with Crippen molar-refractivity contribution >= 4 is 22.8 Å². The van der Waals surface area contributed by atoms with Gasteiger partial charge in [-0.15, -0.1) is 0 Å². The predicted octanol–water partition coefficient (Wildman–Crippen LogP) is 2.80. The topological polar surface area (TPSA) is 90.5 Å². The summed E-state index contributed by atoms with van der Waals surface area (Å²) in [6.07, 6.45) is 2.89. The lowest BCUT2D eigenvalue weighted by atomic mass is 10.00. The first-order valence-corrected chi connectivity index (χ1v) is 9.78. The number of hydrogen-bond donors (Lipinski definition) is 1. The second-order valence-electron chi connectivity index (χ2n) is 7.31. The van der Waals surface area contributed by atoms with Crippen molar-refractivity contribution in [3.63, 3.8) is 0 Å². The number of likely N-dealkylation sites (tertiary alicyclic amines) is 1. The number of carbonyl (C=O) groups excluding carboxylic acids is 2. The number of hydrogen-bond acceptors (Lipinski definition) is 4. The molecule has 2 amide bonds. The van der Waals surface area contributed by atoms with E-state index < -0.39 is 5.91 Å². The quantitative estimate of drug-likeness (QED) is 0.723. The highest BCUT2D eigenvalue weighted by atomic mass is 16.5. The summed E-state index contributed by atoms with van der Waals surface area (Å²) in [6, 6.07) is 14.8. The molecule has 2 aromatic carbocycles. The molecule has 0 saturated carbocycles. The number of benzene rings is 2. The maximum atomic E-state index is 13.3. The molecule has 150 valence electrons. The lowest BCUT2D eigenvalue weighted by Gasteiger charge is -2.35. The molecule has 29 heavy (non-hydrogen) atoms. The van der Waals surface area contributed by atoms with Gasteiger partial charge in [-0.05, 0) is 49.6 Å². The summed E-state index contributed by atoms with van der Waals surface area (Å²) >= 11 is 0.